The molecule has 9 heteroatoms. The standard InChI is InChI=1S/C22H26N4O4S/c1-25(2)31(29,30)20-11-9-18(10-12-20)17-24-21(27)13-14-22(28)26(16-6-15-23)19-7-4-3-5-8-19/h3-5,7-12H,6,13-14,16-17H2,1-2H3,(H,24,27). The first-order valence-electron chi connectivity index (χ1n) is 9.76. The highest BCUT2D eigenvalue weighted by Gasteiger charge is 2.18. The van der Waals surface area contributed by atoms with Gasteiger partial charge in [0, 0.05) is 45.7 Å². The van der Waals surface area contributed by atoms with Gasteiger partial charge in [-0.1, -0.05) is 30.3 Å². The van der Waals surface area contributed by atoms with Crippen molar-refractivity contribution in [2.75, 3.05) is 25.5 Å². The maximum Gasteiger partial charge on any atom is 0.242 e. The van der Waals surface area contributed by atoms with Crippen LogP contribution in [0.3, 0.4) is 0 Å². The van der Waals surface area contributed by atoms with Gasteiger partial charge >= 0.3 is 0 Å². The summed E-state index contributed by atoms with van der Waals surface area (Å²) in [5.41, 5.74) is 1.44. The number of para-hydroxylation sites is 1. The van der Waals surface area contributed by atoms with E-state index in [0.29, 0.717) is 5.69 Å². The molecule has 1 N–H and O–H groups in total. The topological polar surface area (TPSA) is 111 Å². The number of carbonyl (C=O) groups excluding carboxylic acids is 2. The highest BCUT2D eigenvalue weighted by atomic mass is 32.2. The number of benzene rings is 2. The molecule has 0 radical (unpaired) electrons. The fraction of sp³-hybridized carbons (Fsp3) is 0.318. The molecule has 0 fully saturated rings. The lowest BCUT2D eigenvalue weighted by Gasteiger charge is -2.21. The van der Waals surface area contributed by atoms with Crippen LogP contribution in [0.15, 0.2) is 59.5 Å². The van der Waals surface area contributed by atoms with Crippen molar-refractivity contribution in [1.82, 2.24) is 9.62 Å². The van der Waals surface area contributed by atoms with Gasteiger partial charge < -0.3 is 10.2 Å². The minimum Gasteiger partial charge on any atom is -0.352 e. The van der Waals surface area contributed by atoms with Crippen molar-refractivity contribution in [2.24, 2.45) is 0 Å². The third-order valence-corrected chi connectivity index (χ3v) is 6.40. The van der Waals surface area contributed by atoms with E-state index in [1.165, 1.54) is 31.1 Å². The Bertz CT molecular complexity index is 1030. The van der Waals surface area contributed by atoms with E-state index in [9.17, 15) is 18.0 Å². The SMILES string of the molecule is CN(C)S(=O)(=O)c1ccc(CNC(=O)CCC(=O)N(CCC#N)c2ccccc2)cc1. The third-order valence-electron chi connectivity index (χ3n) is 4.57. The lowest BCUT2D eigenvalue weighted by atomic mass is 10.2. The molecule has 0 spiro atoms. The predicted octanol–water partition coefficient (Wildman–Crippen LogP) is 2.28. The van der Waals surface area contributed by atoms with Gasteiger partial charge in [0.05, 0.1) is 17.4 Å². The van der Waals surface area contributed by atoms with E-state index in [4.69, 9.17) is 5.26 Å². The molecule has 0 bridgehead atoms. The zero-order valence-electron chi connectivity index (χ0n) is 17.6. The smallest absolute Gasteiger partial charge is 0.242 e. The Labute approximate surface area is 183 Å². The number of amides is 2. The monoisotopic (exact) mass is 442 g/mol. The molecular weight excluding hydrogens is 416 g/mol. The lowest BCUT2D eigenvalue weighted by molar-refractivity contribution is -0.125. The van der Waals surface area contributed by atoms with E-state index in [0.717, 1.165) is 9.87 Å². The second-order valence-electron chi connectivity index (χ2n) is 7.00. The average molecular weight is 443 g/mol. The van der Waals surface area contributed by atoms with Gasteiger partial charge in [0.15, 0.2) is 0 Å². The largest absolute Gasteiger partial charge is 0.352 e. The molecule has 0 atom stereocenters. The summed E-state index contributed by atoms with van der Waals surface area (Å²) in [7, 11) is -0.573. The van der Waals surface area contributed by atoms with Crippen LogP contribution in [0.1, 0.15) is 24.8 Å². The Morgan fingerprint density at radius 1 is 1.00 bits per heavy atom. The fourth-order valence-electron chi connectivity index (χ4n) is 2.80. The van der Waals surface area contributed by atoms with Crippen molar-refractivity contribution < 1.29 is 18.0 Å². The molecule has 0 saturated heterocycles. The van der Waals surface area contributed by atoms with Crippen molar-refractivity contribution >= 4 is 27.5 Å². The van der Waals surface area contributed by atoms with Crippen LogP contribution < -0.4 is 10.2 Å². The minimum atomic E-state index is -3.50. The van der Waals surface area contributed by atoms with Crippen LogP contribution in [0.5, 0.6) is 0 Å². The predicted molar refractivity (Wildman–Crippen MR) is 117 cm³/mol. The van der Waals surface area contributed by atoms with Crippen LogP contribution in [-0.2, 0) is 26.2 Å². The zero-order chi connectivity index (χ0) is 22.9. The molecule has 2 aromatic carbocycles. The van der Waals surface area contributed by atoms with Gasteiger partial charge in [-0.15, -0.1) is 0 Å². The molecule has 0 aromatic heterocycles. The van der Waals surface area contributed by atoms with Gasteiger partial charge in [0.2, 0.25) is 21.8 Å². The molecule has 31 heavy (non-hydrogen) atoms. The van der Waals surface area contributed by atoms with Crippen LogP contribution >= 0.6 is 0 Å². The molecule has 8 nitrogen and oxygen atoms in total. The summed E-state index contributed by atoms with van der Waals surface area (Å²) in [4.78, 5) is 26.5. The first-order valence-corrected chi connectivity index (χ1v) is 11.2. The van der Waals surface area contributed by atoms with E-state index in [-0.39, 0.29) is 49.1 Å². The summed E-state index contributed by atoms with van der Waals surface area (Å²) >= 11 is 0. The number of nitriles is 1. The van der Waals surface area contributed by atoms with E-state index in [2.05, 4.69) is 5.32 Å². The molecule has 0 unspecified atom stereocenters. The quantitative estimate of drug-likeness (QED) is 0.607. The Hall–Kier alpha value is -3.22. The first kappa shape index (κ1) is 24.1. The summed E-state index contributed by atoms with van der Waals surface area (Å²) in [6, 6.07) is 17.3. The normalized spacial score (nSPS) is 11.0. The Kier molecular flexibility index (Phi) is 8.73. The molecule has 0 aliphatic carbocycles. The minimum absolute atomic E-state index is 0.0157. The Balaban J connectivity index is 1.88. The van der Waals surface area contributed by atoms with Crippen molar-refractivity contribution in [2.45, 2.75) is 30.7 Å². The molecule has 0 saturated carbocycles. The Morgan fingerprint density at radius 2 is 1.65 bits per heavy atom. The summed E-state index contributed by atoms with van der Waals surface area (Å²) in [5, 5.41) is 11.6. The van der Waals surface area contributed by atoms with E-state index >= 15 is 0 Å². The highest BCUT2D eigenvalue weighted by Crippen LogP contribution is 2.16. The molecular formula is C22H26N4O4S. The van der Waals surface area contributed by atoms with Gasteiger partial charge in [-0.05, 0) is 29.8 Å². The molecule has 2 aromatic rings. The van der Waals surface area contributed by atoms with Crippen LogP contribution in [0.4, 0.5) is 5.69 Å². The van der Waals surface area contributed by atoms with Gasteiger partial charge in [-0.2, -0.15) is 5.26 Å². The van der Waals surface area contributed by atoms with E-state index < -0.39 is 10.0 Å². The van der Waals surface area contributed by atoms with Crippen molar-refractivity contribution in [1.29, 1.82) is 5.26 Å². The molecule has 164 valence electrons. The number of sulfonamides is 1. The zero-order valence-corrected chi connectivity index (χ0v) is 18.4. The number of hydrogen-bond acceptors (Lipinski definition) is 5. The number of hydrogen-bond donors (Lipinski definition) is 1. The summed E-state index contributed by atoms with van der Waals surface area (Å²) < 4.78 is 25.3. The van der Waals surface area contributed by atoms with Gasteiger partial charge in [0.1, 0.15) is 0 Å². The van der Waals surface area contributed by atoms with Crippen LogP contribution in [-0.4, -0.2) is 45.2 Å². The first-order chi connectivity index (χ1) is 14.8. The highest BCUT2D eigenvalue weighted by molar-refractivity contribution is 7.89. The average Bonchev–Trinajstić information content (AvgIpc) is 2.77. The molecule has 0 heterocycles. The summed E-state index contributed by atoms with van der Waals surface area (Å²) in [5.74, 6) is -0.513. The molecule has 0 aliphatic heterocycles. The number of nitrogens with one attached hydrogen (secondary N) is 1. The van der Waals surface area contributed by atoms with Gasteiger partial charge in [-0.25, -0.2) is 12.7 Å². The second kappa shape index (κ2) is 11.2. The van der Waals surface area contributed by atoms with Crippen molar-refractivity contribution in [3.63, 3.8) is 0 Å². The maximum absolute atomic E-state index is 12.6. The maximum atomic E-state index is 12.6. The lowest BCUT2D eigenvalue weighted by Crippen LogP contribution is -2.33. The number of nitrogens with zero attached hydrogens (tertiary/aromatic N) is 3. The molecule has 2 rings (SSSR count). The van der Waals surface area contributed by atoms with Gasteiger partial charge in [-0.3, -0.25) is 9.59 Å². The van der Waals surface area contributed by atoms with Crippen molar-refractivity contribution in [3.05, 3.63) is 60.2 Å². The van der Waals surface area contributed by atoms with E-state index in [1.807, 2.05) is 24.3 Å². The number of carbonyl (C=O) groups is 2. The second-order valence-corrected chi connectivity index (χ2v) is 9.15. The van der Waals surface area contributed by atoms with Crippen molar-refractivity contribution in [3.8, 4) is 6.07 Å². The Morgan fingerprint density at radius 3 is 2.23 bits per heavy atom. The van der Waals surface area contributed by atoms with E-state index in [1.54, 1.807) is 24.3 Å². The third kappa shape index (κ3) is 6.91. The number of rotatable bonds is 10. The summed E-state index contributed by atoms with van der Waals surface area (Å²) in [6.07, 6.45) is 0.236. The number of anilines is 1. The molecule has 0 aliphatic rings. The van der Waals surface area contributed by atoms with Crippen LogP contribution in [0, 0.1) is 11.3 Å². The van der Waals surface area contributed by atoms with Crippen LogP contribution in [0.25, 0.3) is 0 Å². The summed E-state index contributed by atoms with van der Waals surface area (Å²) in [6.45, 7) is 0.495. The van der Waals surface area contributed by atoms with Gasteiger partial charge in [0.25, 0.3) is 0 Å². The fourth-order valence-corrected chi connectivity index (χ4v) is 3.70. The van der Waals surface area contributed by atoms with Crippen LogP contribution in [0.2, 0.25) is 0 Å². The molecule has 2 amide bonds.